The average Bonchev–Trinajstić information content (AvgIpc) is 3.12. The maximum atomic E-state index is 12.7. The Kier molecular flexibility index (Phi) is 6.11. The highest BCUT2D eigenvalue weighted by Gasteiger charge is 2.50. The number of Topliss-reactive ketones (excluding diaryl/α,β-unsaturated/α-hetero) is 1. The van der Waals surface area contributed by atoms with Gasteiger partial charge in [0.2, 0.25) is 17.6 Å². The van der Waals surface area contributed by atoms with E-state index in [1.54, 1.807) is 0 Å². The Bertz CT molecular complexity index is 937. The van der Waals surface area contributed by atoms with Crippen LogP contribution < -0.4 is 0 Å². The van der Waals surface area contributed by atoms with Crippen LogP contribution in [-0.4, -0.2) is 51.9 Å². The maximum Gasteiger partial charge on any atom is 0.406 e. The normalized spacial score (nSPS) is 21.9. The summed E-state index contributed by atoms with van der Waals surface area (Å²) in [5, 5.41) is 0. The van der Waals surface area contributed by atoms with Gasteiger partial charge in [-0.2, -0.15) is 13.2 Å². The predicted molar refractivity (Wildman–Crippen MR) is 102 cm³/mol. The molecule has 1 fully saturated rings. The second-order valence-electron chi connectivity index (χ2n) is 7.90. The number of allylic oxidation sites excluding steroid dienone is 2. The van der Waals surface area contributed by atoms with Gasteiger partial charge in [-0.15, -0.1) is 0 Å². The molecule has 1 aromatic heterocycles. The molecule has 10 heteroatoms. The van der Waals surface area contributed by atoms with Crippen LogP contribution in [-0.2, 0) is 25.7 Å². The van der Waals surface area contributed by atoms with Gasteiger partial charge in [0.25, 0.3) is 0 Å². The number of hydrogen-bond donors (Lipinski definition) is 0. The molecule has 0 aromatic carbocycles. The molecule has 3 atom stereocenters. The number of ether oxygens (including phenoxy) is 1. The van der Waals surface area contributed by atoms with Gasteiger partial charge in [0.05, 0.1) is 11.8 Å². The lowest BCUT2D eigenvalue weighted by Gasteiger charge is -2.21. The molecule has 0 unspecified atom stereocenters. The highest BCUT2D eigenvalue weighted by molar-refractivity contribution is 6.08. The number of aryl methyl sites for hydroxylation is 1. The number of rotatable bonds is 6. The van der Waals surface area contributed by atoms with Crippen LogP contribution in [0.5, 0.6) is 0 Å². The van der Waals surface area contributed by atoms with Crippen molar-refractivity contribution < 1.29 is 37.1 Å². The van der Waals surface area contributed by atoms with E-state index in [1.807, 2.05) is 12.2 Å². The van der Waals surface area contributed by atoms with Gasteiger partial charge < -0.3 is 9.30 Å². The molecular formula is C21H23F3N2O5. The zero-order valence-electron chi connectivity index (χ0n) is 17.4. The van der Waals surface area contributed by atoms with E-state index >= 15 is 0 Å². The van der Waals surface area contributed by atoms with Gasteiger partial charge in [-0.25, -0.2) is 4.79 Å². The van der Waals surface area contributed by atoms with E-state index in [0.29, 0.717) is 12.8 Å². The number of nitrogens with zero attached hydrogens (tertiary/aromatic N) is 2. The molecular weight excluding hydrogens is 417 g/mol. The van der Waals surface area contributed by atoms with Crippen LogP contribution >= 0.6 is 0 Å². The van der Waals surface area contributed by atoms with Crippen molar-refractivity contribution in [1.29, 1.82) is 0 Å². The van der Waals surface area contributed by atoms with Gasteiger partial charge in [0.1, 0.15) is 12.6 Å². The van der Waals surface area contributed by atoms with Crippen molar-refractivity contribution in [3.63, 3.8) is 0 Å². The van der Waals surface area contributed by atoms with Crippen LogP contribution in [0.15, 0.2) is 18.2 Å². The van der Waals surface area contributed by atoms with Gasteiger partial charge >= 0.3 is 12.1 Å². The third-order valence-electron chi connectivity index (χ3n) is 5.83. The maximum absolute atomic E-state index is 12.7. The summed E-state index contributed by atoms with van der Waals surface area (Å²) in [5.41, 5.74) is 0.389. The van der Waals surface area contributed by atoms with Crippen molar-refractivity contribution in [1.82, 2.24) is 9.47 Å². The highest BCUT2D eigenvalue weighted by Crippen LogP contribution is 2.36. The Balaban J connectivity index is 1.64. The van der Waals surface area contributed by atoms with Gasteiger partial charge in [-0.05, 0) is 39.7 Å². The van der Waals surface area contributed by atoms with E-state index in [4.69, 9.17) is 4.74 Å². The number of imide groups is 1. The number of carbonyl (C=O) groups excluding carboxylic acids is 4. The molecule has 2 aliphatic rings. The first-order valence-corrected chi connectivity index (χ1v) is 9.87. The van der Waals surface area contributed by atoms with E-state index < -0.39 is 60.8 Å². The summed E-state index contributed by atoms with van der Waals surface area (Å²) in [5.74, 6) is -3.46. The molecule has 2 heterocycles. The molecule has 1 aliphatic heterocycles. The van der Waals surface area contributed by atoms with Crippen molar-refractivity contribution in [3.8, 4) is 0 Å². The van der Waals surface area contributed by atoms with Gasteiger partial charge in [0, 0.05) is 17.0 Å². The number of likely N-dealkylation sites (tertiary alicyclic amines) is 1. The van der Waals surface area contributed by atoms with E-state index in [9.17, 15) is 32.3 Å². The Morgan fingerprint density at radius 1 is 1.13 bits per heavy atom. The highest BCUT2D eigenvalue weighted by atomic mass is 19.4. The van der Waals surface area contributed by atoms with Crippen LogP contribution in [0.1, 0.15) is 41.5 Å². The van der Waals surface area contributed by atoms with Crippen molar-refractivity contribution in [3.05, 3.63) is 35.2 Å². The Hall–Kier alpha value is -2.91. The second kappa shape index (κ2) is 8.32. The molecule has 168 valence electrons. The van der Waals surface area contributed by atoms with Crippen LogP contribution in [0.4, 0.5) is 13.2 Å². The van der Waals surface area contributed by atoms with E-state index in [0.717, 1.165) is 9.47 Å². The molecule has 0 bridgehead atoms. The summed E-state index contributed by atoms with van der Waals surface area (Å²) in [6, 6.07) is 0.113. The molecule has 1 saturated heterocycles. The third-order valence-corrected chi connectivity index (χ3v) is 5.83. The van der Waals surface area contributed by atoms with E-state index in [1.165, 1.54) is 26.8 Å². The first-order chi connectivity index (χ1) is 14.4. The molecule has 0 saturated carbocycles. The number of halogens is 3. The molecule has 0 N–H and O–H groups in total. The van der Waals surface area contributed by atoms with Gasteiger partial charge in [-0.1, -0.05) is 12.2 Å². The largest absolute Gasteiger partial charge is 0.456 e. The number of amides is 2. The fourth-order valence-electron chi connectivity index (χ4n) is 4.15. The SMILES string of the molecule is Cc1cc(C(=O)COC(=O)[C@H](C)N2C(=O)[C@@H]3CC=CC[C@H]3C2=O)c(C)n1CC(F)(F)F. The summed E-state index contributed by atoms with van der Waals surface area (Å²) in [6.45, 7) is 2.24. The second-order valence-corrected chi connectivity index (χ2v) is 7.90. The zero-order valence-corrected chi connectivity index (χ0v) is 17.4. The van der Waals surface area contributed by atoms with Crippen LogP contribution in [0, 0.1) is 25.7 Å². The Morgan fingerprint density at radius 3 is 2.19 bits per heavy atom. The lowest BCUT2D eigenvalue weighted by molar-refractivity contribution is -0.157. The van der Waals surface area contributed by atoms with Crippen molar-refractivity contribution in [2.45, 2.75) is 52.4 Å². The minimum Gasteiger partial charge on any atom is -0.456 e. The molecule has 1 aromatic rings. The number of hydrogen-bond acceptors (Lipinski definition) is 5. The number of aromatic nitrogens is 1. The van der Waals surface area contributed by atoms with Crippen LogP contribution in [0.3, 0.4) is 0 Å². The van der Waals surface area contributed by atoms with Crippen LogP contribution in [0.25, 0.3) is 0 Å². The molecule has 0 spiro atoms. The Labute approximate surface area is 176 Å². The number of ketones is 1. The smallest absolute Gasteiger partial charge is 0.406 e. The molecule has 3 rings (SSSR count). The van der Waals surface area contributed by atoms with Gasteiger partial charge in [-0.3, -0.25) is 19.3 Å². The van der Waals surface area contributed by atoms with Crippen molar-refractivity contribution in [2.75, 3.05) is 6.61 Å². The van der Waals surface area contributed by atoms with E-state index in [2.05, 4.69) is 0 Å². The third kappa shape index (κ3) is 4.42. The lowest BCUT2D eigenvalue weighted by Crippen LogP contribution is -2.44. The zero-order chi connectivity index (χ0) is 23.1. The van der Waals surface area contributed by atoms with E-state index in [-0.39, 0.29) is 17.0 Å². The molecule has 7 nitrogen and oxygen atoms in total. The minimum atomic E-state index is -4.45. The first kappa shape index (κ1) is 22.8. The molecule has 0 radical (unpaired) electrons. The summed E-state index contributed by atoms with van der Waals surface area (Å²) in [4.78, 5) is 50.9. The first-order valence-electron chi connectivity index (χ1n) is 9.87. The predicted octanol–water partition coefficient (Wildman–Crippen LogP) is 2.73. The summed E-state index contributed by atoms with van der Waals surface area (Å²) < 4.78 is 44.2. The van der Waals surface area contributed by atoms with Gasteiger partial charge in [0.15, 0.2) is 6.61 Å². The van der Waals surface area contributed by atoms with Crippen molar-refractivity contribution in [2.24, 2.45) is 11.8 Å². The lowest BCUT2D eigenvalue weighted by atomic mass is 9.85. The fourth-order valence-corrected chi connectivity index (χ4v) is 4.15. The number of fused-ring (bicyclic) bond motifs is 1. The number of esters is 1. The standard InChI is InChI=1S/C21H23F3N2O5/c1-11-8-16(12(2)25(11)10-21(22,23)24)17(27)9-31-20(30)13(3)26-18(28)14-6-4-5-7-15(14)19(26)29/h4-5,8,13-15H,6-7,9-10H2,1-3H3/t13-,14+,15+/m0/s1. The molecule has 1 aliphatic carbocycles. The van der Waals surface area contributed by atoms with Crippen molar-refractivity contribution >= 4 is 23.6 Å². The quantitative estimate of drug-likeness (QED) is 0.294. The number of carbonyl (C=O) groups is 4. The summed E-state index contributed by atoms with van der Waals surface area (Å²) in [7, 11) is 0. The fraction of sp³-hybridized carbons (Fsp3) is 0.524. The monoisotopic (exact) mass is 440 g/mol. The summed E-state index contributed by atoms with van der Waals surface area (Å²) in [6.07, 6.45) is 0.0663. The average molecular weight is 440 g/mol. The Morgan fingerprint density at radius 2 is 1.68 bits per heavy atom. The topological polar surface area (TPSA) is 85.7 Å². The number of alkyl halides is 3. The molecule has 2 amide bonds. The summed E-state index contributed by atoms with van der Waals surface area (Å²) >= 11 is 0. The van der Waals surface area contributed by atoms with Crippen LogP contribution in [0.2, 0.25) is 0 Å². The minimum absolute atomic E-state index is 0.0209. The molecule has 31 heavy (non-hydrogen) atoms.